The lowest BCUT2D eigenvalue weighted by Gasteiger charge is -2.09. The van der Waals surface area contributed by atoms with Gasteiger partial charge in [-0.15, -0.1) is 23.7 Å². The predicted molar refractivity (Wildman–Crippen MR) is 93.1 cm³/mol. The molecule has 1 amide bonds. The highest BCUT2D eigenvalue weighted by Gasteiger charge is 2.16. The fraction of sp³-hybridized carbons (Fsp3) is 0.375. The summed E-state index contributed by atoms with van der Waals surface area (Å²) in [7, 11) is 1.57. The first-order chi connectivity index (χ1) is 10.8. The third-order valence-corrected chi connectivity index (χ3v) is 4.59. The van der Waals surface area contributed by atoms with Crippen molar-refractivity contribution >= 4 is 34.8 Å². The molecule has 0 aliphatic heterocycles. The van der Waals surface area contributed by atoms with Crippen LogP contribution in [-0.4, -0.2) is 24.6 Å². The summed E-state index contributed by atoms with van der Waals surface area (Å²) in [5.74, 6) is 0.954. The number of aromatic nitrogens is 1. The number of thiazole rings is 1. The maximum atomic E-state index is 12.0. The minimum absolute atomic E-state index is 0. The third kappa shape index (κ3) is 4.36. The maximum absolute atomic E-state index is 12.0. The van der Waals surface area contributed by atoms with Crippen LogP contribution in [0.5, 0.6) is 11.5 Å². The van der Waals surface area contributed by atoms with E-state index in [1.54, 1.807) is 30.6 Å². The molecule has 124 valence electrons. The van der Waals surface area contributed by atoms with Crippen LogP contribution in [0.25, 0.3) is 0 Å². The number of fused-ring (bicyclic) bond motifs is 1. The van der Waals surface area contributed by atoms with Gasteiger partial charge in [-0.1, -0.05) is 12.1 Å². The first-order valence-electron chi connectivity index (χ1n) is 7.30. The van der Waals surface area contributed by atoms with E-state index < -0.39 is 0 Å². The molecule has 23 heavy (non-hydrogen) atoms. The molecule has 0 atom stereocenters. The second-order valence-corrected chi connectivity index (χ2v) is 6.17. The molecule has 3 rings (SSSR count). The van der Waals surface area contributed by atoms with Crippen molar-refractivity contribution in [3.63, 3.8) is 0 Å². The summed E-state index contributed by atoms with van der Waals surface area (Å²) in [5, 5.41) is 3.48. The minimum Gasteiger partial charge on any atom is -0.493 e. The number of halogens is 1. The molecule has 1 aromatic heterocycles. The van der Waals surface area contributed by atoms with Crippen LogP contribution in [-0.2, 0) is 17.6 Å². The van der Waals surface area contributed by atoms with Crippen LogP contribution in [0.2, 0.25) is 0 Å². The van der Waals surface area contributed by atoms with Crippen LogP contribution in [0.15, 0.2) is 24.3 Å². The molecule has 7 heteroatoms. The Balaban J connectivity index is 0.00000192. The van der Waals surface area contributed by atoms with Gasteiger partial charge < -0.3 is 9.47 Å². The second-order valence-electron chi connectivity index (χ2n) is 5.08. The number of nitrogens with zero attached hydrogens (tertiary/aromatic N) is 1. The number of amides is 1. The molecular formula is C16H19ClN2O3S. The number of para-hydroxylation sites is 2. The van der Waals surface area contributed by atoms with Crippen LogP contribution in [0.1, 0.15) is 23.4 Å². The van der Waals surface area contributed by atoms with Gasteiger partial charge in [0.25, 0.3) is 5.91 Å². The number of anilines is 1. The summed E-state index contributed by atoms with van der Waals surface area (Å²) < 4.78 is 10.7. The standard InChI is InChI=1S/C16H18N2O3S.ClH/c1-20-12-7-3-4-8-13(12)21-10-15(19)18-16-17-11-6-2-5-9-14(11)22-16;/h3-4,7-8H,2,5-6,9-10H2,1H3,(H,17,18,19);1H. The van der Waals surface area contributed by atoms with Crippen LogP contribution >= 0.6 is 23.7 Å². The van der Waals surface area contributed by atoms with Gasteiger partial charge in [-0.05, 0) is 37.8 Å². The van der Waals surface area contributed by atoms with Crippen LogP contribution in [0, 0.1) is 0 Å². The van der Waals surface area contributed by atoms with E-state index in [1.165, 1.54) is 17.7 Å². The van der Waals surface area contributed by atoms with Crippen molar-refractivity contribution in [2.75, 3.05) is 19.0 Å². The lowest BCUT2D eigenvalue weighted by molar-refractivity contribution is -0.118. The van der Waals surface area contributed by atoms with Crippen LogP contribution in [0.4, 0.5) is 5.13 Å². The van der Waals surface area contributed by atoms with Gasteiger partial charge in [0.1, 0.15) is 0 Å². The van der Waals surface area contributed by atoms with E-state index in [4.69, 9.17) is 9.47 Å². The predicted octanol–water partition coefficient (Wildman–Crippen LogP) is 3.47. The first kappa shape index (κ1) is 17.6. The van der Waals surface area contributed by atoms with E-state index in [0.29, 0.717) is 16.6 Å². The third-order valence-electron chi connectivity index (χ3n) is 3.52. The zero-order valence-electron chi connectivity index (χ0n) is 12.8. The average molecular weight is 355 g/mol. The minimum atomic E-state index is -0.211. The van der Waals surface area contributed by atoms with Gasteiger partial charge in [-0.3, -0.25) is 10.1 Å². The molecule has 0 radical (unpaired) electrons. The quantitative estimate of drug-likeness (QED) is 0.893. The van der Waals surface area contributed by atoms with Crippen molar-refractivity contribution < 1.29 is 14.3 Å². The van der Waals surface area contributed by atoms with Crippen LogP contribution in [0.3, 0.4) is 0 Å². The average Bonchev–Trinajstić information content (AvgIpc) is 2.95. The Morgan fingerprint density at radius 1 is 1.26 bits per heavy atom. The monoisotopic (exact) mass is 354 g/mol. The highest BCUT2D eigenvalue weighted by molar-refractivity contribution is 7.15. The Bertz CT molecular complexity index is 652. The Hall–Kier alpha value is -1.79. The molecule has 0 bridgehead atoms. The maximum Gasteiger partial charge on any atom is 0.264 e. The van der Waals surface area contributed by atoms with Crippen molar-refractivity contribution in [3.05, 3.63) is 34.8 Å². The number of methoxy groups -OCH3 is 1. The van der Waals surface area contributed by atoms with Gasteiger partial charge in [-0.2, -0.15) is 0 Å². The highest BCUT2D eigenvalue weighted by atomic mass is 35.5. The molecule has 1 aliphatic carbocycles. The SMILES string of the molecule is COc1ccccc1OCC(=O)Nc1nc2c(s1)CCCC2.Cl. The van der Waals surface area contributed by atoms with Crippen molar-refractivity contribution in [3.8, 4) is 11.5 Å². The molecule has 2 aromatic rings. The fourth-order valence-electron chi connectivity index (χ4n) is 2.44. The van der Waals surface area contributed by atoms with Gasteiger partial charge in [0.15, 0.2) is 23.2 Å². The van der Waals surface area contributed by atoms with E-state index in [9.17, 15) is 4.79 Å². The van der Waals surface area contributed by atoms with E-state index in [0.717, 1.165) is 18.5 Å². The Kier molecular flexibility index (Phi) is 6.24. The molecule has 1 N–H and O–H groups in total. The number of rotatable bonds is 5. The summed E-state index contributed by atoms with van der Waals surface area (Å²) in [6.07, 6.45) is 4.47. The lowest BCUT2D eigenvalue weighted by Crippen LogP contribution is -2.20. The molecule has 0 unspecified atom stereocenters. The lowest BCUT2D eigenvalue weighted by atomic mass is 10.0. The van der Waals surface area contributed by atoms with E-state index >= 15 is 0 Å². The number of aryl methyl sites for hydroxylation is 2. The Morgan fingerprint density at radius 2 is 2.00 bits per heavy atom. The number of hydrogen-bond acceptors (Lipinski definition) is 5. The fourth-order valence-corrected chi connectivity index (χ4v) is 3.51. The van der Waals surface area contributed by atoms with Crippen molar-refractivity contribution in [1.29, 1.82) is 0 Å². The number of carbonyl (C=O) groups excluding carboxylic acids is 1. The summed E-state index contributed by atoms with van der Waals surface area (Å²) in [5.41, 5.74) is 1.14. The van der Waals surface area contributed by atoms with Crippen molar-refractivity contribution in [2.24, 2.45) is 0 Å². The molecule has 1 aromatic carbocycles. The Morgan fingerprint density at radius 3 is 2.74 bits per heavy atom. The van der Waals surface area contributed by atoms with E-state index in [-0.39, 0.29) is 24.9 Å². The van der Waals surface area contributed by atoms with Gasteiger partial charge >= 0.3 is 0 Å². The van der Waals surface area contributed by atoms with Crippen LogP contribution < -0.4 is 14.8 Å². The topological polar surface area (TPSA) is 60.5 Å². The van der Waals surface area contributed by atoms with Crippen molar-refractivity contribution in [1.82, 2.24) is 4.98 Å². The molecule has 1 heterocycles. The molecule has 5 nitrogen and oxygen atoms in total. The normalized spacial score (nSPS) is 12.7. The number of ether oxygens (including phenoxy) is 2. The molecular weight excluding hydrogens is 336 g/mol. The van der Waals surface area contributed by atoms with Gasteiger partial charge in [-0.25, -0.2) is 4.98 Å². The number of benzene rings is 1. The zero-order chi connectivity index (χ0) is 15.4. The molecule has 0 spiro atoms. The number of carbonyl (C=O) groups is 1. The number of nitrogens with one attached hydrogen (secondary N) is 1. The molecule has 0 saturated heterocycles. The van der Waals surface area contributed by atoms with E-state index in [2.05, 4.69) is 10.3 Å². The second kappa shape index (κ2) is 8.17. The Labute approximate surface area is 145 Å². The molecule has 0 saturated carbocycles. The zero-order valence-corrected chi connectivity index (χ0v) is 14.5. The highest BCUT2D eigenvalue weighted by Crippen LogP contribution is 2.29. The number of hydrogen-bond donors (Lipinski definition) is 1. The summed E-state index contributed by atoms with van der Waals surface area (Å²) in [6.45, 7) is -0.0649. The molecule has 0 fully saturated rings. The first-order valence-corrected chi connectivity index (χ1v) is 8.12. The van der Waals surface area contributed by atoms with Gasteiger partial charge in [0.2, 0.25) is 0 Å². The van der Waals surface area contributed by atoms with Gasteiger partial charge in [0, 0.05) is 4.88 Å². The van der Waals surface area contributed by atoms with Gasteiger partial charge in [0.05, 0.1) is 12.8 Å². The molecule has 1 aliphatic rings. The van der Waals surface area contributed by atoms with E-state index in [1.807, 2.05) is 12.1 Å². The summed E-state index contributed by atoms with van der Waals surface area (Å²) >= 11 is 1.57. The summed E-state index contributed by atoms with van der Waals surface area (Å²) in [6, 6.07) is 7.26. The largest absolute Gasteiger partial charge is 0.493 e. The smallest absolute Gasteiger partial charge is 0.264 e. The van der Waals surface area contributed by atoms with Crippen molar-refractivity contribution in [2.45, 2.75) is 25.7 Å². The summed E-state index contributed by atoms with van der Waals surface area (Å²) in [4.78, 5) is 17.8.